The van der Waals surface area contributed by atoms with Crippen LogP contribution in [0.5, 0.6) is 0 Å². The topological polar surface area (TPSA) is 75.7 Å². The largest absolute Gasteiger partial charge is 0.378 e. The van der Waals surface area contributed by atoms with Crippen molar-refractivity contribution in [2.24, 2.45) is 0 Å². The van der Waals surface area contributed by atoms with Crippen LogP contribution in [0.2, 0.25) is 0 Å². The molecule has 0 bridgehead atoms. The fourth-order valence-electron chi connectivity index (χ4n) is 7.01. The summed E-state index contributed by atoms with van der Waals surface area (Å²) in [5.41, 5.74) is 6.56. The summed E-state index contributed by atoms with van der Waals surface area (Å²) in [4.78, 5) is 14.6. The number of carbonyl (C=O) groups excluding carboxylic acids is 1. The summed E-state index contributed by atoms with van der Waals surface area (Å²) >= 11 is 0. The lowest BCUT2D eigenvalue weighted by Gasteiger charge is -2.47. The summed E-state index contributed by atoms with van der Waals surface area (Å²) in [6.07, 6.45) is -2.05. The van der Waals surface area contributed by atoms with E-state index in [1.807, 2.05) is 115 Å². The number of rotatable bonds is 16. The highest BCUT2D eigenvalue weighted by Gasteiger charge is 2.49. The Bertz CT molecular complexity index is 1820. The first-order chi connectivity index (χ1) is 26.2. The molecule has 7 rings (SSSR count). The summed E-state index contributed by atoms with van der Waals surface area (Å²) in [6, 6.07) is 46.3. The monoisotopic (exact) mass is 713 g/mol. The van der Waals surface area contributed by atoms with Crippen molar-refractivity contribution in [3.63, 3.8) is 0 Å². The van der Waals surface area contributed by atoms with E-state index in [-0.39, 0.29) is 6.61 Å². The van der Waals surface area contributed by atoms with Gasteiger partial charge >= 0.3 is 0 Å². The highest BCUT2D eigenvalue weighted by Crippen LogP contribution is 2.42. The molecule has 8 heteroatoms. The lowest BCUT2D eigenvalue weighted by molar-refractivity contribution is -0.275. The normalized spacial score (nSPS) is 21.7. The fourth-order valence-corrected chi connectivity index (χ4v) is 7.01. The summed E-state index contributed by atoms with van der Waals surface area (Å²) in [6.45, 7) is 4.36. The van der Waals surface area contributed by atoms with Crippen molar-refractivity contribution in [2.75, 3.05) is 37.8 Å². The van der Waals surface area contributed by atoms with E-state index in [1.54, 1.807) is 0 Å². The van der Waals surface area contributed by atoms with Crippen LogP contribution in [0, 0.1) is 0 Å². The van der Waals surface area contributed by atoms with Gasteiger partial charge in [0, 0.05) is 29.9 Å². The van der Waals surface area contributed by atoms with Crippen LogP contribution in [0.4, 0.5) is 5.69 Å². The van der Waals surface area contributed by atoms with E-state index >= 15 is 0 Å². The molecular weight excluding hydrogens is 666 g/mol. The number of carbonyl (C=O) groups is 1. The van der Waals surface area contributed by atoms with Gasteiger partial charge in [-0.2, -0.15) is 0 Å². The Kier molecular flexibility index (Phi) is 13.1. The molecule has 53 heavy (non-hydrogen) atoms. The van der Waals surface area contributed by atoms with Gasteiger partial charge in [-0.05, 0) is 40.5 Å². The van der Waals surface area contributed by atoms with Crippen LogP contribution in [-0.4, -0.2) is 63.6 Å². The molecule has 0 aliphatic carbocycles. The number of nitrogens with zero attached hydrogens (tertiary/aromatic N) is 1. The summed E-state index contributed by atoms with van der Waals surface area (Å²) in [5.74, 6) is 0. The molecule has 2 saturated heterocycles. The third-order valence-electron chi connectivity index (χ3n) is 9.73. The fraction of sp³-hybridized carbons (Fsp3) is 0.311. The van der Waals surface area contributed by atoms with Gasteiger partial charge in [0.25, 0.3) is 0 Å². The van der Waals surface area contributed by atoms with Crippen molar-refractivity contribution in [2.45, 2.75) is 56.9 Å². The van der Waals surface area contributed by atoms with Gasteiger partial charge < -0.3 is 33.3 Å². The van der Waals surface area contributed by atoms with Gasteiger partial charge in [0.05, 0.1) is 46.2 Å². The van der Waals surface area contributed by atoms with Crippen molar-refractivity contribution >= 4 is 12.0 Å². The first-order valence-electron chi connectivity index (χ1n) is 18.4. The molecule has 8 nitrogen and oxygen atoms in total. The molecule has 2 aliphatic heterocycles. The van der Waals surface area contributed by atoms with Crippen molar-refractivity contribution in [1.29, 1.82) is 0 Å². The third-order valence-corrected chi connectivity index (χ3v) is 9.73. The molecular formula is C45H47NO7. The second kappa shape index (κ2) is 18.9. The van der Waals surface area contributed by atoms with Crippen molar-refractivity contribution < 1.29 is 33.2 Å². The lowest BCUT2D eigenvalue weighted by atomic mass is 9.88. The summed E-state index contributed by atoms with van der Waals surface area (Å²) in [7, 11) is 0. The molecule has 5 atom stereocenters. The summed E-state index contributed by atoms with van der Waals surface area (Å²) < 4.78 is 40.1. The minimum Gasteiger partial charge on any atom is -0.378 e. The molecule has 0 aromatic heterocycles. The minimum atomic E-state index is -0.626. The molecule has 2 fully saturated rings. The SMILES string of the molecule is O=Cc1ccc(N2CCOCC2)c(C2O[C@H](COCc3ccccc3)[C@@H](OCc3ccccc3)[C@H](OCc3ccccc3)[C@H]2OCc2ccccc2)c1. The number of hydrogen-bond donors (Lipinski definition) is 0. The molecule has 1 unspecified atom stereocenters. The van der Waals surface area contributed by atoms with Gasteiger partial charge in [-0.15, -0.1) is 0 Å². The smallest absolute Gasteiger partial charge is 0.150 e. The number of hydrogen-bond acceptors (Lipinski definition) is 8. The molecule has 5 aromatic rings. The highest BCUT2D eigenvalue weighted by atomic mass is 16.6. The van der Waals surface area contributed by atoms with E-state index in [0.29, 0.717) is 45.2 Å². The molecule has 0 amide bonds. The molecule has 0 spiro atoms. The van der Waals surface area contributed by atoms with E-state index in [1.165, 1.54) is 0 Å². The second-order valence-corrected chi connectivity index (χ2v) is 13.4. The van der Waals surface area contributed by atoms with Crippen molar-refractivity contribution in [3.05, 3.63) is 173 Å². The average Bonchev–Trinajstić information content (AvgIpc) is 3.23. The van der Waals surface area contributed by atoms with E-state index < -0.39 is 30.5 Å². The van der Waals surface area contributed by atoms with Gasteiger partial charge in [-0.25, -0.2) is 0 Å². The molecule has 2 heterocycles. The first-order valence-corrected chi connectivity index (χ1v) is 18.4. The zero-order valence-electron chi connectivity index (χ0n) is 29.9. The van der Waals surface area contributed by atoms with Crippen LogP contribution in [0.1, 0.15) is 44.3 Å². The Hall–Kier alpha value is -4.67. The van der Waals surface area contributed by atoms with Crippen LogP contribution < -0.4 is 4.90 Å². The molecule has 0 N–H and O–H groups in total. The van der Waals surface area contributed by atoms with Crippen molar-refractivity contribution in [3.8, 4) is 0 Å². The Morgan fingerprint density at radius 3 is 1.60 bits per heavy atom. The van der Waals surface area contributed by atoms with Crippen LogP contribution in [-0.2, 0) is 54.8 Å². The van der Waals surface area contributed by atoms with Gasteiger partial charge in [-0.1, -0.05) is 121 Å². The zero-order chi connectivity index (χ0) is 36.1. The first kappa shape index (κ1) is 36.7. The van der Waals surface area contributed by atoms with Crippen molar-refractivity contribution in [1.82, 2.24) is 0 Å². The number of morpholine rings is 1. The Morgan fingerprint density at radius 2 is 1.08 bits per heavy atom. The lowest BCUT2D eigenvalue weighted by Crippen LogP contribution is -2.58. The highest BCUT2D eigenvalue weighted by molar-refractivity contribution is 5.77. The van der Waals surface area contributed by atoms with Crippen LogP contribution >= 0.6 is 0 Å². The number of ether oxygens (including phenoxy) is 6. The molecule has 0 saturated carbocycles. The Labute approximate surface area is 312 Å². The average molecular weight is 714 g/mol. The quantitative estimate of drug-likeness (QED) is 0.0962. The van der Waals surface area contributed by atoms with Gasteiger partial charge in [0.2, 0.25) is 0 Å². The van der Waals surface area contributed by atoms with Gasteiger partial charge in [-0.3, -0.25) is 4.79 Å². The van der Waals surface area contributed by atoms with Crippen LogP contribution in [0.15, 0.2) is 140 Å². The number of benzene rings is 5. The predicted octanol–water partition coefficient (Wildman–Crippen LogP) is 7.75. The number of anilines is 1. The van der Waals surface area contributed by atoms with Gasteiger partial charge in [0.1, 0.15) is 36.8 Å². The van der Waals surface area contributed by atoms with Crippen LogP contribution in [0.25, 0.3) is 0 Å². The van der Waals surface area contributed by atoms with Gasteiger partial charge in [0.15, 0.2) is 0 Å². The minimum absolute atomic E-state index is 0.252. The predicted molar refractivity (Wildman–Crippen MR) is 204 cm³/mol. The molecule has 2 aliphatic rings. The maximum absolute atomic E-state index is 12.3. The third kappa shape index (κ3) is 9.86. The maximum Gasteiger partial charge on any atom is 0.150 e. The van der Waals surface area contributed by atoms with E-state index in [2.05, 4.69) is 29.2 Å². The Balaban J connectivity index is 1.29. The molecule has 0 radical (unpaired) electrons. The molecule has 5 aromatic carbocycles. The van der Waals surface area contributed by atoms with E-state index in [9.17, 15) is 4.79 Å². The zero-order valence-corrected chi connectivity index (χ0v) is 29.9. The maximum atomic E-state index is 12.3. The van der Waals surface area contributed by atoms with E-state index in [4.69, 9.17) is 28.4 Å². The summed E-state index contributed by atoms with van der Waals surface area (Å²) in [5, 5.41) is 0. The Morgan fingerprint density at radius 1 is 0.585 bits per heavy atom. The molecule has 274 valence electrons. The number of aldehydes is 1. The van der Waals surface area contributed by atoms with E-state index in [0.717, 1.165) is 52.9 Å². The van der Waals surface area contributed by atoms with Crippen LogP contribution in [0.3, 0.4) is 0 Å². The second-order valence-electron chi connectivity index (χ2n) is 13.4. The standard InChI is InChI=1S/C45H47NO7/c47-28-38-21-22-40(46-23-25-48-26-24-46)39(27-38)42-44(51-31-36-17-9-3-10-18-36)45(52-32-37-19-11-4-12-20-37)43(50-30-35-15-7-2-8-16-35)41(53-42)33-49-29-34-13-5-1-6-14-34/h1-22,27-28,41-45H,23-26,29-33H2/t41-,42?,43-,44+,45+/m1/s1.